The number of nitriles is 1. The normalized spacial score (nSPS) is 15.0. The molecule has 0 bridgehead atoms. The van der Waals surface area contributed by atoms with E-state index in [2.05, 4.69) is 10.6 Å². The molecule has 1 aromatic carbocycles. The van der Waals surface area contributed by atoms with Crippen LogP contribution in [0.5, 0.6) is 0 Å². The molecule has 0 saturated carbocycles. The van der Waals surface area contributed by atoms with Gasteiger partial charge < -0.3 is 20.3 Å². The lowest BCUT2D eigenvalue weighted by atomic mass is 10.1. The molecule has 9 heteroatoms. The van der Waals surface area contributed by atoms with Crippen LogP contribution in [0.15, 0.2) is 30.0 Å². The maximum atomic E-state index is 12.3. The number of halogens is 2. The van der Waals surface area contributed by atoms with Crippen LogP contribution in [0.4, 0.5) is 10.5 Å². The van der Waals surface area contributed by atoms with Gasteiger partial charge in [0.05, 0.1) is 22.3 Å². The third kappa shape index (κ3) is 5.78. The number of carbonyl (C=O) groups is 2. The number of likely N-dealkylation sites (tertiary alicyclic amines) is 1. The zero-order valence-corrected chi connectivity index (χ0v) is 16.3. The molecule has 1 aromatic rings. The lowest BCUT2D eigenvalue weighted by molar-refractivity contribution is -0.112. The Labute approximate surface area is 167 Å². The molecule has 2 N–H and O–H groups in total. The van der Waals surface area contributed by atoms with Gasteiger partial charge >= 0.3 is 6.09 Å². The number of carbonyl (C=O) groups excluding carboxylic acids is 2. The zero-order chi connectivity index (χ0) is 19.8. The Morgan fingerprint density at radius 2 is 2.07 bits per heavy atom. The van der Waals surface area contributed by atoms with Gasteiger partial charge in [-0.2, -0.15) is 5.26 Å². The topological polar surface area (TPSA) is 94.5 Å². The molecule has 0 atom stereocenters. The second-order valence-electron chi connectivity index (χ2n) is 5.85. The summed E-state index contributed by atoms with van der Waals surface area (Å²) in [6, 6.07) is 6.77. The van der Waals surface area contributed by atoms with Crippen molar-refractivity contribution in [2.75, 3.05) is 25.0 Å². The monoisotopic (exact) mass is 410 g/mol. The van der Waals surface area contributed by atoms with Gasteiger partial charge in [-0.1, -0.05) is 29.3 Å². The molecule has 7 nitrogen and oxygen atoms in total. The number of amides is 2. The molecule has 0 spiro atoms. The Hall–Kier alpha value is -2.43. The van der Waals surface area contributed by atoms with E-state index in [9.17, 15) is 14.9 Å². The quantitative estimate of drug-likeness (QED) is 0.571. The fourth-order valence-corrected chi connectivity index (χ4v) is 2.93. The molecule has 1 aliphatic rings. The van der Waals surface area contributed by atoms with Crippen molar-refractivity contribution in [3.8, 4) is 6.07 Å². The fraction of sp³-hybridized carbons (Fsp3) is 0.389. The number of hydrogen-bond acceptors (Lipinski definition) is 5. The lowest BCUT2D eigenvalue weighted by Gasteiger charge is -2.31. The Morgan fingerprint density at radius 3 is 2.70 bits per heavy atom. The van der Waals surface area contributed by atoms with Crippen molar-refractivity contribution < 1.29 is 14.3 Å². The standard InChI is InChI=1S/C18H20Cl2N4O3/c1-2-27-18(26)24-8-6-13(7-9-24)22-11-12(10-21)17(25)23-15-5-3-4-14(19)16(15)20/h3-5,11,13,22H,2,6-9H2,1H3,(H,23,25)/b12-11-. The first-order valence-corrected chi connectivity index (χ1v) is 9.25. The van der Waals surface area contributed by atoms with Crippen molar-refractivity contribution >= 4 is 40.9 Å². The van der Waals surface area contributed by atoms with Gasteiger partial charge in [0.25, 0.3) is 5.91 Å². The van der Waals surface area contributed by atoms with Crippen LogP contribution in [0.2, 0.25) is 10.0 Å². The number of hydrogen-bond donors (Lipinski definition) is 2. The molecule has 2 amide bonds. The van der Waals surface area contributed by atoms with Crippen LogP contribution in [0.1, 0.15) is 19.8 Å². The first-order valence-electron chi connectivity index (χ1n) is 8.49. The highest BCUT2D eigenvalue weighted by atomic mass is 35.5. The maximum Gasteiger partial charge on any atom is 0.409 e. The van der Waals surface area contributed by atoms with Crippen molar-refractivity contribution in [2.24, 2.45) is 0 Å². The summed E-state index contributed by atoms with van der Waals surface area (Å²) in [6.45, 7) is 3.21. The number of anilines is 1. The van der Waals surface area contributed by atoms with Gasteiger partial charge in [0.15, 0.2) is 0 Å². The number of piperidine rings is 1. The SMILES string of the molecule is CCOC(=O)N1CCC(N/C=C(/C#N)C(=O)Nc2cccc(Cl)c2Cl)CC1. The average Bonchev–Trinajstić information content (AvgIpc) is 2.66. The first kappa shape index (κ1) is 20.9. The van der Waals surface area contributed by atoms with Gasteiger partial charge in [-0.05, 0) is 31.9 Å². The molecular weight excluding hydrogens is 391 g/mol. The average molecular weight is 411 g/mol. The summed E-state index contributed by atoms with van der Waals surface area (Å²) in [6.07, 6.45) is 2.45. The third-order valence-electron chi connectivity index (χ3n) is 4.05. The van der Waals surface area contributed by atoms with Gasteiger partial charge in [-0.25, -0.2) is 4.79 Å². The van der Waals surface area contributed by atoms with E-state index in [-0.39, 0.29) is 22.7 Å². The predicted octanol–water partition coefficient (Wildman–Crippen LogP) is 3.55. The summed E-state index contributed by atoms with van der Waals surface area (Å²) < 4.78 is 4.98. The Bertz CT molecular complexity index is 768. The Kier molecular flexibility index (Phi) is 7.77. The van der Waals surface area contributed by atoms with Crippen molar-refractivity contribution in [1.29, 1.82) is 5.26 Å². The number of nitrogens with one attached hydrogen (secondary N) is 2. The van der Waals surface area contributed by atoms with E-state index in [0.717, 1.165) is 0 Å². The molecule has 2 rings (SSSR count). The van der Waals surface area contributed by atoms with E-state index >= 15 is 0 Å². The Balaban J connectivity index is 1.91. The first-order chi connectivity index (χ1) is 13.0. The van der Waals surface area contributed by atoms with Crippen molar-refractivity contribution in [1.82, 2.24) is 10.2 Å². The van der Waals surface area contributed by atoms with E-state index in [0.29, 0.717) is 43.2 Å². The molecular formula is C18H20Cl2N4O3. The number of ether oxygens (including phenoxy) is 1. The van der Waals surface area contributed by atoms with Crippen LogP contribution in [0.3, 0.4) is 0 Å². The van der Waals surface area contributed by atoms with Crippen molar-refractivity contribution in [2.45, 2.75) is 25.8 Å². The summed E-state index contributed by atoms with van der Waals surface area (Å²) in [5, 5.41) is 15.4. The number of nitrogens with zero attached hydrogens (tertiary/aromatic N) is 2. The number of rotatable bonds is 5. The smallest absolute Gasteiger partial charge is 0.409 e. The summed E-state index contributed by atoms with van der Waals surface area (Å²) in [5.74, 6) is -0.585. The molecule has 0 aromatic heterocycles. The molecule has 0 radical (unpaired) electrons. The molecule has 144 valence electrons. The minimum Gasteiger partial charge on any atom is -0.450 e. The van der Waals surface area contributed by atoms with Crippen LogP contribution >= 0.6 is 23.2 Å². The second kappa shape index (κ2) is 10.0. The molecule has 1 saturated heterocycles. The fourth-order valence-electron chi connectivity index (χ4n) is 2.58. The maximum absolute atomic E-state index is 12.3. The van der Waals surface area contributed by atoms with Crippen LogP contribution in [0, 0.1) is 11.3 Å². The van der Waals surface area contributed by atoms with Gasteiger partial charge in [-0.3, -0.25) is 4.79 Å². The second-order valence-corrected chi connectivity index (χ2v) is 6.64. The van der Waals surface area contributed by atoms with E-state index in [1.807, 2.05) is 6.07 Å². The minimum absolute atomic E-state index is 0.0570. The molecule has 1 heterocycles. The van der Waals surface area contributed by atoms with E-state index in [1.54, 1.807) is 30.0 Å². The van der Waals surface area contributed by atoms with E-state index in [1.165, 1.54) is 6.20 Å². The molecule has 1 aliphatic heterocycles. The summed E-state index contributed by atoms with van der Waals surface area (Å²) in [7, 11) is 0. The van der Waals surface area contributed by atoms with E-state index < -0.39 is 5.91 Å². The minimum atomic E-state index is -0.585. The molecule has 27 heavy (non-hydrogen) atoms. The van der Waals surface area contributed by atoms with Gasteiger partial charge in [0.1, 0.15) is 11.6 Å². The highest BCUT2D eigenvalue weighted by molar-refractivity contribution is 6.44. The molecule has 0 aliphatic carbocycles. The number of benzene rings is 1. The van der Waals surface area contributed by atoms with Crippen LogP contribution in [-0.2, 0) is 9.53 Å². The summed E-state index contributed by atoms with van der Waals surface area (Å²) in [4.78, 5) is 25.6. The van der Waals surface area contributed by atoms with Gasteiger partial charge in [0.2, 0.25) is 0 Å². The zero-order valence-electron chi connectivity index (χ0n) is 14.8. The van der Waals surface area contributed by atoms with E-state index in [4.69, 9.17) is 27.9 Å². The van der Waals surface area contributed by atoms with Gasteiger partial charge in [0, 0.05) is 25.3 Å². The third-order valence-corrected chi connectivity index (χ3v) is 4.87. The highest BCUT2D eigenvalue weighted by Gasteiger charge is 2.23. The van der Waals surface area contributed by atoms with Crippen LogP contribution < -0.4 is 10.6 Å². The van der Waals surface area contributed by atoms with Crippen molar-refractivity contribution in [3.63, 3.8) is 0 Å². The largest absolute Gasteiger partial charge is 0.450 e. The van der Waals surface area contributed by atoms with Crippen molar-refractivity contribution in [3.05, 3.63) is 40.0 Å². The lowest BCUT2D eigenvalue weighted by Crippen LogP contribution is -2.44. The highest BCUT2D eigenvalue weighted by Crippen LogP contribution is 2.29. The summed E-state index contributed by atoms with van der Waals surface area (Å²) in [5.41, 5.74) is 0.247. The Morgan fingerprint density at radius 1 is 1.37 bits per heavy atom. The van der Waals surface area contributed by atoms with Gasteiger partial charge in [-0.15, -0.1) is 0 Å². The summed E-state index contributed by atoms with van der Waals surface area (Å²) >= 11 is 12.0. The molecule has 1 fully saturated rings. The van der Waals surface area contributed by atoms with Crippen LogP contribution in [0.25, 0.3) is 0 Å². The predicted molar refractivity (Wildman–Crippen MR) is 104 cm³/mol. The molecule has 0 unspecified atom stereocenters. The van der Waals surface area contributed by atoms with Crippen LogP contribution in [-0.4, -0.2) is 42.6 Å².